The summed E-state index contributed by atoms with van der Waals surface area (Å²) in [6.07, 6.45) is 2.05. The van der Waals surface area contributed by atoms with E-state index in [0.29, 0.717) is 16.3 Å². The lowest BCUT2D eigenvalue weighted by Crippen LogP contribution is -2.54. The molecule has 2 atom stereocenters. The summed E-state index contributed by atoms with van der Waals surface area (Å²) in [5.41, 5.74) is 2.65. The second-order valence-electron chi connectivity index (χ2n) is 9.87. The average Bonchev–Trinajstić information content (AvgIpc) is 2.90. The van der Waals surface area contributed by atoms with Crippen molar-refractivity contribution in [1.82, 2.24) is 10.2 Å². The molecule has 40 heavy (non-hydrogen) atoms. The molecule has 0 aliphatic carbocycles. The maximum atomic E-state index is 14.1. The van der Waals surface area contributed by atoms with Crippen LogP contribution in [-0.4, -0.2) is 50.0 Å². The van der Waals surface area contributed by atoms with E-state index in [1.165, 1.54) is 4.90 Å². The molecule has 0 radical (unpaired) electrons. The third kappa shape index (κ3) is 8.81. The first-order valence-corrected chi connectivity index (χ1v) is 16.0. The maximum Gasteiger partial charge on any atom is 0.244 e. The Hall–Kier alpha value is -2.88. The van der Waals surface area contributed by atoms with E-state index >= 15 is 0 Å². The monoisotopic (exact) mass is 647 g/mol. The minimum Gasteiger partial charge on any atom is -0.352 e. The van der Waals surface area contributed by atoms with Crippen LogP contribution in [0.5, 0.6) is 0 Å². The van der Waals surface area contributed by atoms with Crippen molar-refractivity contribution in [1.29, 1.82) is 0 Å². The quantitative estimate of drug-likeness (QED) is 0.272. The lowest BCUT2D eigenvalue weighted by atomic mass is 10.0. The minimum absolute atomic E-state index is 0.0976. The highest BCUT2D eigenvalue weighted by Crippen LogP contribution is 2.26. The second-order valence-corrected chi connectivity index (χ2v) is 13.1. The van der Waals surface area contributed by atoms with Crippen molar-refractivity contribution in [3.05, 3.63) is 99.0 Å². The molecule has 1 N–H and O–H groups in total. The van der Waals surface area contributed by atoms with Gasteiger partial charge in [-0.05, 0) is 67.3 Å². The number of sulfonamides is 1. The fraction of sp³-hybridized carbons (Fsp3) is 0.333. The molecule has 2 unspecified atom stereocenters. The molecule has 2 amide bonds. The summed E-state index contributed by atoms with van der Waals surface area (Å²) in [7, 11) is -3.85. The van der Waals surface area contributed by atoms with Gasteiger partial charge in [0.05, 0.1) is 11.9 Å². The Kier molecular flexibility index (Phi) is 11.2. The topological polar surface area (TPSA) is 86.8 Å². The summed E-state index contributed by atoms with van der Waals surface area (Å²) in [6.45, 7) is 5.27. The van der Waals surface area contributed by atoms with Gasteiger partial charge in [-0.15, -0.1) is 0 Å². The Morgan fingerprint density at radius 1 is 1.00 bits per heavy atom. The van der Waals surface area contributed by atoms with Gasteiger partial charge in [0.2, 0.25) is 21.8 Å². The van der Waals surface area contributed by atoms with E-state index in [1.807, 2.05) is 68.4 Å². The van der Waals surface area contributed by atoms with E-state index in [4.69, 9.17) is 11.6 Å². The number of amides is 2. The highest BCUT2D eigenvalue weighted by molar-refractivity contribution is 9.10. The summed E-state index contributed by atoms with van der Waals surface area (Å²) in [6, 6.07) is 20.8. The van der Waals surface area contributed by atoms with Crippen LogP contribution in [0.1, 0.15) is 37.0 Å². The van der Waals surface area contributed by atoms with E-state index in [-0.39, 0.29) is 24.9 Å². The third-order valence-electron chi connectivity index (χ3n) is 6.65. The van der Waals surface area contributed by atoms with Crippen molar-refractivity contribution in [3.63, 3.8) is 0 Å². The summed E-state index contributed by atoms with van der Waals surface area (Å²) < 4.78 is 27.8. The molecule has 0 saturated heterocycles. The van der Waals surface area contributed by atoms with Gasteiger partial charge >= 0.3 is 0 Å². The molecule has 0 aliphatic rings. The van der Waals surface area contributed by atoms with E-state index in [9.17, 15) is 18.0 Å². The van der Waals surface area contributed by atoms with E-state index in [1.54, 1.807) is 25.1 Å². The van der Waals surface area contributed by atoms with Crippen LogP contribution in [0, 0.1) is 6.92 Å². The molecule has 0 aliphatic heterocycles. The lowest BCUT2D eigenvalue weighted by Gasteiger charge is -2.34. The highest BCUT2D eigenvalue weighted by atomic mass is 79.9. The molecule has 7 nitrogen and oxygen atoms in total. The molecule has 0 heterocycles. The van der Waals surface area contributed by atoms with Gasteiger partial charge in [-0.2, -0.15) is 0 Å². The van der Waals surface area contributed by atoms with Gasteiger partial charge in [0.25, 0.3) is 0 Å². The molecule has 0 fully saturated rings. The van der Waals surface area contributed by atoms with Crippen LogP contribution < -0.4 is 9.62 Å². The van der Waals surface area contributed by atoms with Crippen molar-refractivity contribution in [2.24, 2.45) is 0 Å². The number of hydrogen-bond acceptors (Lipinski definition) is 4. The standard InChI is InChI=1S/C30H35BrClN3O4S/c1-5-22(3)33-30(37)28(18-23-9-7-6-8-10-23)34(19-24-11-13-25(31)14-12-24)29(36)20-35(40(4,38)39)27-16-15-26(32)17-21(27)2/h6-17,22,28H,5,18-20H2,1-4H3,(H,33,37). The number of halogens is 2. The number of rotatable bonds is 12. The minimum atomic E-state index is -3.85. The van der Waals surface area contributed by atoms with Gasteiger partial charge in [-0.3, -0.25) is 13.9 Å². The highest BCUT2D eigenvalue weighted by Gasteiger charge is 2.33. The summed E-state index contributed by atoms with van der Waals surface area (Å²) in [5, 5.41) is 3.48. The van der Waals surface area contributed by atoms with E-state index in [0.717, 1.165) is 32.6 Å². The molecular formula is C30H35BrClN3O4S. The Morgan fingerprint density at radius 2 is 1.65 bits per heavy atom. The number of nitrogens with one attached hydrogen (secondary N) is 1. The Balaban J connectivity index is 2.07. The number of benzene rings is 3. The van der Waals surface area contributed by atoms with Crippen molar-refractivity contribution in [2.45, 2.75) is 52.2 Å². The van der Waals surface area contributed by atoms with Crippen LogP contribution in [-0.2, 0) is 32.6 Å². The summed E-state index contributed by atoms with van der Waals surface area (Å²) in [5.74, 6) is -0.792. The van der Waals surface area contributed by atoms with Crippen LogP contribution in [0.25, 0.3) is 0 Å². The van der Waals surface area contributed by atoms with Crippen LogP contribution in [0.3, 0.4) is 0 Å². The number of carbonyl (C=O) groups excluding carboxylic acids is 2. The summed E-state index contributed by atoms with van der Waals surface area (Å²) in [4.78, 5) is 29.3. The number of aryl methyl sites for hydroxylation is 1. The Labute approximate surface area is 250 Å². The third-order valence-corrected chi connectivity index (χ3v) is 8.54. The Bertz CT molecular complexity index is 1420. The van der Waals surface area contributed by atoms with Crippen LogP contribution in [0.15, 0.2) is 77.3 Å². The van der Waals surface area contributed by atoms with Crippen molar-refractivity contribution in [3.8, 4) is 0 Å². The molecule has 3 rings (SSSR count). The first-order chi connectivity index (χ1) is 18.9. The van der Waals surface area contributed by atoms with Gasteiger partial charge in [-0.1, -0.05) is 76.9 Å². The number of hydrogen-bond donors (Lipinski definition) is 1. The second kappa shape index (κ2) is 14.1. The molecule has 0 aromatic heterocycles. The SMILES string of the molecule is CCC(C)NC(=O)C(Cc1ccccc1)N(Cc1ccc(Br)cc1)C(=O)CN(c1ccc(Cl)cc1C)S(C)(=O)=O. The molecule has 214 valence electrons. The fourth-order valence-electron chi connectivity index (χ4n) is 4.28. The predicted octanol–water partition coefficient (Wildman–Crippen LogP) is 5.73. The zero-order valence-electron chi connectivity index (χ0n) is 23.1. The van der Waals surface area contributed by atoms with Gasteiger partial charge in [0.1, 0.15) is 12.6 Å². The zero-order valence-corrected chi connectivity index (χ0v) is 26.3. The fourth-order valence-corrected chi connectivity index (χ4v) is 5.67. The first-order valence-electron chi connectivity index (χ1n) is 13.0. The molecule has 10 heteroatoms. The molecule has 0 bridgehead atoms. The maximum absolute atomic E-state index is 14.1. The predicted molar refractivity (Wildman–Crippen MR) is 165 cm³/mol. The van der Waals surface area contributed by atoms with Crippen molar-refractivity contribution >= 4 is 55.1 Å². The lowest BCUT2D eigenvalue weighted by molar-refractivity contribution is -0.140. The van der Waals surface area contributed by atoms with Gasteiger partial charge < -0.3 is 10.2 Å². The summed E-state index contributed by atoms with van der Waals surface area (Å²) >= 11 is 9.55. The van der Waals surface area contributed by atoms with Gasteiger partial charge in [-0.25, -0.2) is 8.42 Å². The van der Waals surface area contributed by atoms with Crippen molar-refractivity contribution in [2.75, 3.05) is 17.1 Å². The van der Waals surface area contributed by atoms with Gasteiger partial charge in [0.15, 0.2) is 0 Å². The van der Waals surface area contributed by atoms with E-state index < -0.39 is 28.5 Å². The first kappa shape index (κ1) is 31.6. The number of anilines is 1. The molecule has 3 aromatic rings. The van der Waals surface area contributed by atoms with Gasteiger partial charge in [0, 0.05) is 28.5 Å². The Morgan fingerprint density at radius 3 is 2.23 bits per heavy atom. The zero-order chi connectivity index (χ0) is 29.4. The number of nitrogens with zero attached hydrogens (tertiary/aromatic N) is 2. The van der Waals surface area contributed by atoms with Crippen LogP contribution >= 0.6 is 27.5 Å². The van der Waals surface area contributed by atoms with E-state index in [2.05, 4.69) is 21.2 Å². The molecule has 3 aromatic carbocycles. The average molecular weight is 649 g/mol. The molecule has 0 spiro atoms. The normalized spacial score (nSPS) is 12.8. The smallest absolute Gasteiger partial charge is 0.244 e. The van der Waals surface area contributed by atoms with Crippen molar-refractivity contribution < 1.29 is 18.0 Å². The van der Waals surface area contributed by atoms with Crippen LogP contribution in [0.4, 0.5) is 5.69 Å². The molecule has 0 saturated carbocycles. The van der Waals surface area contributed by atoms with Crippen LogP contribution in [0.2, 0.25) is 5.02 Å². The molecular weight excluding hydrogens is 614 g/mol. The number of carbonyl (C=O) groups is 2. The largest absolute Gasteiger partial charge is 0.352 e.